The first-order valence-corrected chi connectivity index (χ1v) is 13.8. The third kappa shape index (κ3) is 14.5. The van der Waals surface area contributed by atoms with Crippen LogP contribution < -0.4 is 14.2 Å². The molecule has 0 bridgehead atoms. The molecule has 1 unspecified atom stereocenters. The highest BCUT2D eigenvalue weighted by atomic mass is 16.7. The van der Waals surface area contributed by atoms with Gasteiger partial charge < -0.3 is 33.2 Å². The second-order valence-corrected chi connectivity index (χ2v) is 9.32. The van der Waals surface area contributed by atoms with Crippen LogP contribution in [0.2, 0.25) is 0 Å². The monoisotopic (exact) mass is 526 g/mol. The second kappa shape index (κ2) is 22.0. The van der Waals surface area contributed by atoms with Crippen LogP contribution in [0.15, 0.2) is 12.1 Å². The van der Waals surface area contributed by atoms with Gasteiger partial charge in [-0.05, 0) is 30.9 Å². The van der Waals surface area contributed by atoms with E-state index in [1.807, 2.05) is 0 Å². The van der Waals surface area contributed by atoms with Gasteiger partial charge in [0.1, 0.15) is 0 Å². The Kier molecular flexibility index (Phi) is 19.6. The van der Waals surface area contributed by atoms with Gasteiger partial charge in [0, 0.05) is 21.3 Å². The molecular formula is C29H50O8. The third-order valence-corrected chi connectivity index (χ3v) is 6.12. The van der Waals surface area contributed by atoms with Crippen molar-refractivity contribution in [1.29, 1.82) is 0 Å². The highest BCUT2D eigenvalue weighted by molar-refractivity contribution is 5.91. The van der Waals surface area contributed by atoms with Gasteiger partial charge in [-0.25, -0.2) is 4.79 Å². The van der Waals surface area contributed by atoms with Crippen molar-refractivity contribution in [3.05, 3.63) is 17.7 Å². The number of carbonyl (C=O) groups is 1. The van der Waals surface area contributed by atoms with Crippen molar-refractivity contribution in [3.63, 3.8) is 0 Å². The first-order valence-electron chi connectivity index (χ1n) is 13.8. The number of rotatable bonds is 24. The van der Waals surface area contributed by atoms with Crippen LogP contribution in [0.1, 0.15) is 101 Å². The predicted octanol–water partition coefficient (Wildman–Crippen LogP) is 7.13. The van der Waals surface area contributed by atoms with Crippen LogP contribution in [0.25, 0.3) is 0 Å². The van der Waals surface area contributed by atoms with Gasteiger partial charge in [-0.1, -0.05) is 78.1 Å². The van der Waals surface area contributed by atoms with Gasteiger partial charge in [-0.2, -0.15) is 0 Å². The van der Waals surface area contributed by atoms with Gasteiger partial charge in [-0.15, -0.1) is 0 Å². The molecule has 0 aliphatic carbocycles. The van der Waals surface area contributed by atoms with Gasteiger partial charge in [0.15, 0.2) is 31.9 Å². The van der Waals surface area contributed by atoms with Gasteiger partial charge >= 0.3 is 5.97 Å². The summed E-state index contributed by atoms with van der Waals surface area (Å²) in [5.74, 6) is 0.823. The molecule has 0 N–H and O–H groups in total. The molecule has 0 spiro atoms. The molecule has 0 saturated heterocycles. The second-order valence-electron chi connectivity index (χ2n) is 9.32. The molecule has 0 aliphatic heterocycles. The number of methoxy groups -OCH3 is 3. The summed E-state index contributed by atoms with van der Waals surface area (Å²) in [6.07, 6.45) is 14.6. The summed E-state index contributed by atoms with van der Waals surface area (Å²) in [6.45, 7) is 4.79. The number of hydrogen-bond donors (Lipinski definition) is 0. The lowest BCUT2D eigenvalue weighted by Crippen LogP contribution is -2.16. The normalized spacial score (nSPS) is 11.8. The number of carbonyl (C=O) groups excluding carboxylic acids is 1. The van der Waals surface area contributed by atoms with E-state index >= 15 is 0 Å². The standard InChI is InChI=1S/C29H50O8/c1-6-8-10-12-13-15-17-24(16-14-11-9-7-2)20-34-29(30)25-18-26(35-21-31-3)28(37-23-33-5)27(19-25)36-22-32-4/h18-19,24H,6-17,20-23H2,1-5H3. The zero-order valence-corrected chi connectivity index (χ0v) is 23.8. The molecule has 1 atom stereocenters. The van der Waals surface area contributed by atoms with Gasteiger partial charge in [0.25, 0.3) is 0 Å². The molecule has 0 radical (unpaired) electrons. The molecule has 0 aromatic heterocycles. The van der Waals surface area contributed by atoms with Crippen molar-refractivity contribution in [2.75, 3.05) is 48.3 Å². The van der Waals surface area contributed by atoms with Crippen LogP contribution in [0.3, 0.4) is 0 Å². The van der Waals surface area contributed by atoms with Crippen LogP contribution in [0.4, 0.5) is 0 Å². The van der Waals surface area contributed by atoms with Crippen molar-refractivity contribution in [2.24, 2.45) is 5.92 Å². The SMILES string of the molecule is CCCCCCCCC(CCCCCC)COC(=O)c1cc(OCOC)c(OCOC)c(OCOC)c1. The fourth-order valence-electron chi connectivity index (χ4n) is 4.07. The Morgan fingerprint density at radius 2 is 1.14 bits per heavy atom. The van der Waals surface area contributed by atoms with Crippen LogP contribution in [0.5, 0.6) is 17.2 Å². The van der Waals surface area contributed by atoms with E-state index in [1.165, 1.54) is 85.5 Å². The van der Waals surface area contributed by atoms with E-state index in [0.717, 1.165) is 12.8 Å². The molecule has 0 amide bonds. The summed E-state index contributed by atoms with van der Waals surface area (Å²) in [6, 6.07) is 3.16. The van der Waals surface area contributed by atoms with Crippen molar-refractivity contribution in [1.82, 2.24) is 0 Å². The summed E-state index contributed by atoms with van der Waals surface area (Å²) in [5.41, 5.74) is 0.311. The molecule has 1 rings (SSSR count). The summed E-state index contributed by atoms with van der Waals surface area (Å²) >= 11 is 0. The van der Waals surface area contributed by atoms with E-state index < -0.39 is 5.97 Å². The maximum absolute atomic E-state index is 13.1. The van der Waals surface area contributed by atoms with Crippen molar-refractivity contribution >= 4 is 5.97 Å². The quantitative estimate of drug-likeness (QED) is 0.0799. The van der Waals surface area contributed by atoms with Gasteiger partial charge in [0.05, 0.1) is 12.2 Å². The zero-order valence-electron chi connectivity index (χ0n) is 23.8. The zero-order chi connectivity index (χ0) is 27.1. The summed E-state index contributed by atoms with van der Waals surface area (Å²) in [7, 11) is 4.54. The van der Waals surface area contributed by atoms with Crippen molar-refractivity contribution < 1.29 is 38.0 Å². The predicted molar refractivity (Wildman–Crippen MR) is 144 cm³/mol. The molecule has 37 heavy (non-hydrogen) atoms. The molecule has 214 valence electrons. The molecule has 8 heteroatoms. The molecule has 0 saturated carbocycles. The first kappa shape index (κ1) is 33.0. The van der Waals surface area contributed by atoms with Crippen molar-refractivity contribution in [2.45, 2.75) is 90.9 Å². The van der Waals surface area contributed by atoms with Crippen LogP contribution in [-0.4, -0.2) is 54.3 Å². The minimum atomic E-state index is -0.427. The molecule has 0 heterocycles. The average Bonchev–Trinajstić information content (AvgIpc) is 2.91. The lowest BCUT2D eigenvalue weighted by atomic mass is 9.95. The number of ether oxygens (including phenoxy) is 7. The molecule has 8 nitrogen and oxygen atoms in total. The Morgan fingerprint density at radius 3 is 1.65 bits per heavy atom. The minimum Gasteiger partial charge on any atom is -0.463 e. The van der Waals surface area contributed by atoms with E-state index in [2.05, 4.69) is 13.8 Å². The average molecular weight is 527 g/mol. The fourth-order valence-corrected chi connectivity index (χ4v) is 4.07. The molecule has 0 aliphatic rings. The maximum atomic E-state index is 13.1. The Bertz CT molecular complexity index is 680. The Hall–Kier alpha value is -2.03. The fraction of sp³-hybridized carbons (Fsp3) is 0.759. The molecule has 1 aromatic carbocycles. The first-order chi connectivity index (χ1) is 18.1. The van der Waals surface area contributed by atoms with E-state index in [9.17, 15) is 4.79 Å². The number of unbranched alkanes of at least 4 members (excludes halogenated alkanes) is 8. The summed E-state index contributed by atoms with van der Waals surface area (Å²) in [4.78, 5) is 13.1. The van der Waals surface area contributed by atoms with E-state index in [0.29, 0.717) is 35.3 Å². The van der Waals surface area contributed by atoms with Crippen molar-refractivity contribution in [3.8, 4) is 17.2 Å². The lowest BCUT2D eigenvalue weighted by molar-refractivity contribution is 0.0213. The Morgan fingerprint density at radius 1 is 0.676 bits per heavy atom. The molecule has 0 fully saturated rings. The summed E-state index contributed by atoms with van der Waals surface area (Å²) < 4.78 is 37.9. The number of esters is 1. The van der Waals surface area contributed by atoms with E-state index in [4.69, 9.17) is 33.2 Å². The minimum absolute atomic E-state index is 0.0192. The highest BCUT2D eigenvalue weighted by Crippen LogP contribution is 2.39. The highest BCUT2D eigenvalue weighted by Gasteiger charge is 2.21. The lowest BCUT2D eigenvalue weighted by Gasteiger charge is -2.19. The van der Waals surface area contributed by atoms with Gasteiger partial charge in [-0.3, -0.25) is 0 Å². The van der Waals surface area contributed by atoms with Crippen LogP contribution >= 0.6 is 0 Å². The van der Waals surface area contributed by atoms with Crippen LogP contribution in [-0.2, 0) is 18.9 Å². The summed E-state index contributed by atoms with van der Waals surface area (Å²) in [5, 5.41) is 0. The number of benzene rings is 1. The largest absolute Gasteiger partial charge is 0.463 e. The van der Waals surface area contributed by atoms with Crippen LogP contribution in [0, 0.1) is 5.92 Å². The smallest absolute Gasteiger partial charge is 0.338 e. The molecular weight excluding hydrogens is 476 g/mol. The Labute approximate surface area is 224 Å². The van der Waals surface area contributed by atoms with Gasteiger partial charge in [0.2, 0.25) is 5.75 Å². The maximum Gasteiger partial charge on any atom is 0.338 e. The van der Waals surface area contributed by atoms with E-state index in [-0.39, 0.29) is 20.4 Å². The Balaban J connectivity index is 2.90. The van der Waals surface area contributed by atoms with E-state index in [1.54, 1.807) is 12.1 Å². The third-order valence-electron chi connectivity index (χ3n) is 6.12. The topological polar surface area (TPSA) is 81.7 Å². The number of hydrogen-bond acceptors (Lipinski definition) is 8. The molecule has 1 aromatic rings.